The number of pyridine rings is 2. The van der Waals surface area contributed by atoms with Crippen LogP contribution in [0, 0.1) is 6.92 Å². The minimum Gasteiger partial charge on any atom is -0.309 e. The van der Waals surface area contributed by atoms with Gasteiger partial charge in [-0.05, 0) is 18.6 Å². The second-order valence-electron chi connectivity index (χ2n) is 4.26. The molecular formula is C14H12N2O. The van der Waals surface area contributed by atoms with Gasteiger partial charge in [0, 0.05) is 30.1 Å². The first-order valence-corrected chi connectivity index (χ1v) is 5.52. The molecule has 17 heavy (non-hydrogen) atoms. The molecule has 3 rings (SSSR count). The van der Waals surface area contributed by atoms with Crippen LogP contribution < -0.4 is 5.56 Å². The van der Waals surface area contributed by atoms with Crippen LogP contribution in [0.2, 0.25) is 0 Å². The molecule has 0 N–H and O–H groups in total. The van der Waals surface area contributed by atoms with E-state index < -0.39 is 0 Å². The van der Waals surface area contributed by atoms with Gasteiger partial charge in [0.1, 0.15) is 0 Å². The van der Waals surface area contributed by atoms with Crippen molar-refractivity contribution in [1.29, 1.82) is 0 Å². The summed E-state index contributed by atoms with van der Waals surface area (Å²) in [5, 5.41) is 2.14. The summed E-state index contributed by atoms with van der Waals surface area (Å²) in [6.07, 6.45) is 1.76. The molecule has 0 aliphatic heterocycles. The van der Waals surface area contributed by atoms with Crippen LogP contribution in [0.1, 0.15) is 5.56 Å². The van der Waals surface area contributed by atoms with E-state index in [9.17, 15) is 4.79 Å². The third-order valence-corrected chi connectivity index (χ3v) is 3.18. The summed E-state index contributed by atoms with van der Waals surface area (Å²) >= 11 is 0. The Kier molecular flexibility index (Phi) is 2.01. The molecule has 2 heterocycles. The van der Waals surface area contributed by atoms with Gasteiger partial charge in [0.2, 0.25) is 0 Å². The maximum absolute atomic E-state index is 11.8. The van der Waals surface area contributed by atoms with Crippen LogP contribution in [0.3, 0.4) is 0 Å². The molecule has 84 valence electrons. The van der Waals surface area contributed by atoms with Crippen molar-refractivity contribution in [3.05, 3.63) is 52.4 Å². The number of hydrogen-bond donors (Lipinski definition) is 0. The van der Waals surface area contributed by atoms with E-state index in [-0.39, 0.29) is 5.56 Å². The highest BCUT2D eigenvalue weighted by atomic mass is 16.1. The van der Waals surface area contributed by atoms with Crippen LogP contribution in [-0.2, 0) is 7.05 Å². The summed E-state index contributed by atoms with van der Waals surface area (Å²) in [6, 6.07) is 9.67. The summed E-state index contributed by atoms with van der Waals surface area (Å²) in [5.74, 6) is 0. The summed E-state index contributed by atoms with van der Waals surface area (Å²) < 4.78 is 1.66. The molecule has 0 atom stereocenters. The van der Waals surface area contributed by atoms with Crippen molar-refractivity contribution >= 4 is 21.8 Å². The first kappa shape index (κ1) is 10.0. The molecule has 1 aromatic carbocycles. The molecule has 0 aliphatic carbocycles. The van der Waals surface area contributed by atoms with E-state index in [1.807, 2.05) is 31.2 Å². The molecule has 0 bridgehead atoms. The molecule has 0 unspecified atom stereocenters. The monoisotopic (exact) mass is 224 g/mol. The molecule has 0 radical (unpaired) electrons. The Bertz CT molecular complexity index is 787. The summed E-state index contributed by atoms with van der Waals surface area (Å²) in [5.41, 5.74) is 2.80. The van der Waals surface area contributed by atoms with Crippen LogP contribution in [-0.4, -0.2) is 9.55 Å². The second-order valence-corrected chi connectivity index (χ2v) is 4.26. The molecule has 0 saturated heterocycles. The first-order chi connectivity index (χ1) is 8.18. The van der Waals surface area contributed by atoms with Gasteiger partial charge < -0.3 is 4.57 Å². The zero-order valence-electron chi connectivity index (χ0n) is 9.77. The first-order valence-electron chi connectivity index (χ1n) is 5.52. The minimum atomic E-state index is 0.00755. The van der Waals surface area contributed by atoms with Gasteiger partial charge in [-0.15, -0.1) is 0 Å². The fraction of sp³-hybridized carbons (Fsp3) is 0.143. The van der Waals surface area contributed by atoms with Gasteiger partial charge in [0.05, 0.1) is 11.0 Å². The zero-order chi connectivity index (χ0) is 12.0. The average Bonchev–Trinajstić information content (AvgIpc) is 2.35. The van der Waals surface area contributed by atoms with Gasteiger partial charge >= 0.3 is 0 Å². The molecule has 0 saturated carbocycles. The zero-order valence-corrected chi connectivity index (χ0v) is 9.77. The molecule has 2 aromatic heterocycles. The lowest BCUT2D eigenvalue weighted by atomic mass is 10.1. The Morgan fingerprint density at radius 2 is 2.06 bits per heavy atom. The summed E-state index contributed by atoms with van der Waals surface area (Å²) in [7, 11) is 1.79. The Morgan fingerprint density at radius 3 is 2.88 bits per heavy atom. The van der Waals surface area contributed by atoms with Crippen LogP contribution in [0.15, 0.2) is 41.3 Å². The van der Waals surface area contributed by atoms with Crippen molar-refractivity contribution in [3.63, 3.8) is 0 Å². The van der Waals surface area contributed by atoms with E-state index in [1.54, 1.807) is 23.9 Å². The molecule has 3 heteroatoms. The number of aromatic nitrogens is 2. The van der Waals surface area contributed by atoms with Crippen LogP contribution in [0.25, 0.3) is 21.8 Å². The SMILES string of the molecule is Cc1cc(=O)n(C)c2c1ccc1cccnc12. The lowest BCUT2D eigenvalue weighted by Gasteiger charge is -2.09. The van der Waals surface area contributed by atoms with E-state index in [4.69, 9.17) is 0 Å². The fourth-order valence-corrected chi connectivity index (χ4v) is 2.26. The largest absolute Gasteiger partial charge is 0.309 e. The molecular weight excluding hydrogens is 212 g/mol. The van der Waals surface area contributed by atoms with Gasteiger partial charge in [0.15, 0.2) is 0 Å². The maximum Gasteiger partial charge on any atom is 0.251 e. The molecule has 3 aromatic rings. The Labute approximate surface area is 98.3 Å². The van der Waals surface area contributed by atoms with Gasteiger partial charge in [0.25, 0.3) is 5.56 Å². The molecule has 0 aliphatic rings. The number of nitrogens with zero attached hydrogens (tertiary/aromatic N) is 2. The van der Waals surface area contributed by atoms with Gasteiger partial charge in [-0.2, -0.15) is 0 Å². The second kappa shape index (κ2) is 3.42. The Balaban J connectivity index is 2.70. The third kappa shape index (κ3) is 1.35. The Morgan fingerprint density at radius 1 is 1.24 bits per heavy atom. The molecule has 0 fully saturated rings. The third-order valence-electron chi connectivity index (χ3n) is 3.18. The minimum absolute atomic E-state index is 0.00755. The lowest BCUT2D eigenvalue weighted by molar-refractivity contribution is 0.905. The molecule has 0 spiro atoms. The van der Waals surface area contributed by atoms with Gasteiger partial charge in [-0.3, -0.25) is 9.78 Å². The molecule has 0 amide bonds. The fourth-order valence-electron chi connectivity index (χ4n) is 2.26. The van der Waals surface area contributed by atoms with Crippen molar-refractivity contribution in [1.82, 2.24) is 9.55 Å². The Hall–Kier alpha value is -2.16. The van der Waals surface area contributed by atoms with Crippen molar-refractivity contribution < 1.29 is 0 Å². The van der Waals surface area contributed by atoms with E-state index in [0.29, 0.717) is 0 Å². The maximum atomic E-state index is 11.8. The number of benzene rings is 1. The summed E-state index contributed by atoms with van der Waals surface area (Å²) in [4.78, 5) is 16.2. The number of hydrogen-bond acceptors (Lipinski definition) is 2. The highest BCUT2D eigenvalue weighted by Crippen LogP contribution is 2.23. The normalized spacial score (nSPS) is 11.2. The quantitative estimate of drug-likeness (QED) is 0.549. The van der Waals surface area contributed by atoms with Gasteiger partial charge in [-0.1, -0.05) is 18.2 Å². The van der Waals surface area contributed by atoms with E-state index in [1.165, 1.54) is 0 Å². The predicted octanol–water partition coefficient (Wildman–Crippen LogP) is 2.40. The van der Waals surface area contributed by atoms with Crippen LogP contribution in [0.4, 0.5) is 0 Å². The standard InChI is InChI=1S/C14H12N2O/c1-9-8-12(17)16(2)14-11(9)6-5-10-4-3-7-15-13(10)14/h3-8H,1-2H3. The van der Waals surface area contributed by atoms with E-state index in [0.717, 1.165) is 27.4 Å². The number of aryl methyl sites for hydroxylation is 2. The topological polar surface area (TPSA) is 34.9 Å². The average molecular weight is 224 g/mol. The highest BCUT2D eigenvalue weighted by Gasteiger charge is 2.07. The van der Waals surface area contributed by atoms with E-state index >= 15 is 0 Å². The van der Waals surface area contributed by atoms with Crippen molar-refractivity contribution in [2.45, 2.75) is 6.92 Å². The number of fused-ring (bicyclic) bond motifs is 3. The van der Waals surface area contributed by atoms with Crippen LogP contribution in [0.5, 0.6) is 0 Å². The van der Waals surface area contributed by atoms with E-state index in [2.05, 4.69) is 4.98 Å². The number of rotatable bonds is 0. The van der Waals surface area contributed by atoms with Crippen molar-refractivity contribution in [2.75, 3.05) is 0 Å². The van der Waals surface area contributed by atoms with Gasteiger partial charge in [-0.25, -0.2) is 0 Å². The molecule has 3 nitrogen and oxygen atoms in total. The predicted molar refractivity (Wildman–Crippen MR) is 69.2 cm³/mol. The lowest BCUT2D eigenvalue weighted by Crippen LogP contribution is -2.16. The van der Waals surface area contributed by atoms with Crippen LogP contribution >= 0.6 is 0 Å². The summed E-state index contributed by atoms with van der Waals surface area (Å²) in [6.45, 7) is 1.96. The highest BCUT2D eigenvalue weighted by molar-refractivity contribution is 6.03. The van der Waals surface area contributed by atoms with Crippen molar-refractivity contribution in [2.24, 2.45) is 7.05 Å². The van der Waals surface area contributed by atoms with Crippen molar-refractivity contribution in [3.8, 4) is 0 Å². The smallest absolute Gasteiger partial charge is 0.251 e.